The average Bonchev–Trinajstić information content (AvgIpc) is 1.91. The van der Waals surface area contributed by atoms with Gasteiger partial charge in [0.25, 0.3) is 0 Å². The van der Waals surface area contributed by atoms with Crippen LogP contribution < -0.4 is 0 Å². The smallest absolute Gasteiger partial charge is 0.310 e. The summed E-state index contributed by atoms with van der Waals surface area (Å²) in [4.78, 5) is 9.86. The van der Waals surface area contributed by atoms with Crippen LogP contribution in [0.5, 0.6) is 0 Å². The molecule has 9 heavy (non-hydrogen) atoms. The topological polar surface area (TPSA) is 37.3 Å². The molecule has 0 amide bonds. The molecule has 0 heterocycles. The van der Waals surface area contributed by atoms with E-state index in [-0.39, 0.29) is 0 Å². The van der Waals surface area contributed by atoms with Crippen molar-refractivity contribution in [1.29, 1.82) is 0 Å². The molecule has 0 spiro atoms. The molecule has 1 N–H and O–H groups in total. The molecular weight excluding hydrogens is 116 g/mol. The van der Waals surface area contributed by atoms with Gasteiger partial charge in [0.2, 0.25) is 0 Å². The standard InChI is InChI=1S/C5H8O2.C2H4/c1-3-4(2)5(6)7;1-2/h3-4H,1H2,2H3,(H,6,7);1-2H2. The number of carboxylic acid groups (broad SMARTS) is 1. The maximum atomic E-state index is 9.86. The predicted octanol–water partition coefficient (Wildman–Crippen LogP) is 1.70. The molecule has 0 aromatic rings. The Balaban J connectivity index is 0. The van der Waals surface area contributed by atoms with E-state index in [0.29, 0.717) is 0 Å². The highest BCUT2D eigenvalue weighted by Gasteiger charge is 2.02. The molecule has 2 heteroatoms. The lowest BCUT2D eigenvalue weighted by atomic mass is 10.2. The van der Waals surface area contributed by atoms with Crippen LogP contribution in [-0.2, 0) is 4.79 Å². The van der Waals surface area contributed by atoms with Crippen molar-refractivity contribution in [2.24, 2.45) is 5.92 Å². The first-order valence-corrected chi connectivity index (χ1v) is 2.54. The molecule has 0 aliphatic rings. The predicted molar refractivity (Wildman–Crippen MR) is 38.3 cm³/mol. The van der Waals surface area contributed by atoms with Crippen LogP contribution in [0.15, 0.2) is 25.8 Å². The molecule has 0 radical (unpaired) electrons. The summed E-state index contributed by atoms with van der Waals surface area (Å²) in [5, 5.41) is 8.11. The van der Waals surface area contributed by atoms with Crippen molar-refractivity contribution in [3.05, 3.63) is 25.8 Å². The van der Waals surface area contributed by atoms with Gasteiger partial charge in [0.05, 0.1) is 5.92 Å². The minimum atomic E-state index is -0.824. The Bertz CT molecular complexity index is 97.1. The molecule has 0 saturated heterocycles. The molecule has 1 unspecified atom stereocenters. The second-order valence-corrected chi connectivity index (χ2v) is 1.36. The number of carbonyl (C=O) groups is 1. The van der Waals surface area contributed by atoms with Crippen molar-refractivity contribution in [3.8, 4) is 0 Å². The molecule has 1 atom stereocenters. The zero-order chi connectivity index (χ0) is 7.86. The molecule has 0 fully saturated rings. The quantitative estimate of drug-likeness (QED) is 0.574. The van der Waals surface area contributed by atoms with Crippen molar-refractivity contribution >= 4 is 5.97 Å². The first-order chi connectivity index (χ1) is 4.18. The second kappa shape index (κ2) is 6.95. The van der Waals surface area contributed by atoms with Crippen molar-refractivity contribution in [2.45, 2.75) is 6.92 Å². The Morgan fingerprint density at radius 1 is 1.67 bits per heavy atom. The highest BCUT2D eigenvalue weighted by atomic mass is 16.4. The summed E-state index contributed by atoms with van der Waals surface area (Å²) >= 11 is 0. The Hall–Kier alpha value is -1.05. The summed E-state index contributed by atoms with van der Waals surface area (Å²) in [6.45, 7) is 10.9. The van der Waals surface area contributed by atoms with Crippen LogP contribution in [0.3, 0.4) is 0 Å². The van der Waals surface area contributed by atoms with Crippen molar-refractivity contribution in [3.63, 3.8) is 0 Å². The van der Waals surface area contributed by atoms with Gasteiger partial charge in [-0.15, -0.1) is 19.7 Å². The van der Waals surface area contributed by atoms with E-state index in [4.69, 9.17) is 5.11 Å². The van der Waals surface area contributed by atoms with E-state index in [1.165, 1.54) is 6.08 Å². The van der Waals surface area contributed by atoms with Crippen LogP contribution in [0.25, 0.3) is 0 Å². The Kier molecular flexibility index (Phi) is 8.38. The van der Waals surface area contributed by atoms with Crippen LogP contribution in [0.2, 0.25) is 0 Å². The summed E-state index contributed by atoms with van der Waals surface area (Å²) in [7, 11) is 0. The van der Waals surface area contributed by atoms with Gasteiger partial charge in [-0.05, 0) is 6.92 Å². The maximum absolute atomic E-state index is 9.86. The Labute approximate surface area is 55.5 Å². The summed E-state index contributed by atoms with van der Waals surface area (Å²) < 4.78 is 0. The number of rotatable bonds is 2. The lowest BCUT2D eigenvalue weighted by molar-refractivity contribution is -0.139. The minimum Gasteiger partial charge on any atom is -0.481 e. The van der Waals surface area contributed by atoms with Gasteiger partial charge in [-0.1, -0.05) is 6.08 Å². The van der Waals surface area contributed by atoms with Gasteiger partial charge in [0.15, 0.2) is 0 Å². The third kappa shape index (κ3) is 6.95. The summed E-state index contributed by atoms with van der Waals surface area (Å²) in [5.74, 6) is -1.24. The van der Waals surface area contributed by atoms with Gasteiger partial charge in [-0.2, -0.15) is 0 Å². The van der Waals surface area contributed by atoms with E-state index in [2.05, 4.69) is 19.7 Å². The molecule has 0 bridgehead atoms. The van der Waals surface area contributed by atoms with E-state index in [0.717, 1.165) is 0 Å². The maximum Gasteiger partial charge on any atom is 0.310 e. The third-order valence-corrected chi connectivity index (χ3v) is 0.743. The zero-order valence-electron chi connectivity index (χ0n) is 5.63. The van der Waals surface area contributed by atoms with Crippen molar-refractivity contribution in [1.82, 2.24) is 0 Å². The van der Waals surface area contributed by atoms with Crippen LogP contribution in [-0.4, -0.2) is 11.1 Å². The van der Waals surface area contributed by atoms with Gasteiger partial charge in [0, 0.05) is 0 Å². The summed E-state index contributed by atoms with van der Waals surface area (Å²) in [6, 6.07) is 0. The number of hydrogen-bond acceptors (Lipinski definition) is 1. The number of aliphatic carboxylic acids is 1. The van der Waals surface area contributed by atoms with Gasteiger partial charge in [0.1, 0.15) is 0 Å². The second-order valence-electron chi connectivity index (χ2n) is 1.36. The Morgan fingerprint density at radius 3 is 2.00 bits per heavy atom. The lowest BCUT2D eigenvalue weighted by Gasteiger charge is -1.92. The molecule has 0 saturated carbocycles. The highest BCUT2D eigenvalue weighted by molar-refractivity contribution is 5.71. The van der Waals surface area contributed by atoms with Gasteiger partial charge in [-0.3, -0.25) is 4.79 Å². The monoisotopic (exact) mass is 128 g/mol. The molecule has 2 nitrogen and oxygen atoms in total. The minimum absolute atomic E-state index is 0.417. The largest absolute Gasteiger partial charge is 0.481 e. The van der Waals surface area contributed by atoms with Gasteiger partial charge in [-0.25, -0.2) is 0 Å². The zero-order valence-corrected chi connectivity index (χ0v) is 5.63. The van der Waals surface area contributed by atoms with Crippen LogP contribution in [0.4, 0.5) is 0 Å². The van der Waals surface area contributed by atoms with Crippen molar-refractivity contribution < 1.29 is 9.90 Å². The first-order valence-electron chi connectivity index (χ1n) is 2.54. The first kappa shape index (κ1) is 10.8. The normalized spacial score (nSPS) is 10.3. The van der Waals surface area contributed by atoms with E-state index in [9.17, 15) is 4.79 Å². The molecule has 0 aliphatic heterocycles. The number of hydrogen-bond donors (Lipinski definition) is 1. The van der Waals surface area contributed by atoms with E-state index in [1.807, 2.05) is 0 Å². The Morgan fingerprint density at radius 2 is 2.00 bits per heavy atom. The van der Waals surface area contributed by atoms with Crippen LogP contribution in [0.1, 0.15) is 6.92 Å². The van der Waals surface area contributed by atoms with Crippen molar-refractivity contribution in [2.75, 3.05) is 0 Å². The molecule has 0 aromatic carbocycles. The van der Waals surface area contributed by atoms with Gasteiger partial charge >= 0.3 is 5.97 Å². The van der Waals surface area contributed by atoms with E-state index >= 15 is 0 Å². The molecular formula is C7H12O2. The van der Waals surface area contributed by atoms with Gasteiger partial charge < -0.3 is 5.11 Å². The molecule has 0 aromatic heterocycles. The lowest BCUT2D eigenvalue weighted by Crippen LogP contribution is -2.04. The fourth-order valence-corrected chi connectivity index (χ4v) is 0.101. The fraction of sp³-hybridized carbons (Fsp3) is 0.286. The third-order valence-electron chi connectivity index (χ3n) is 0.743. The van der Waals surface area contributed by atoms with Crippen LogP contribution in [0, 0.1) is 5.92 Å². The summed E-state index contributed by atoms with van der Waals surface area (Å²) in [5.41, 5.74) is 0. The van der Waals surface area contributed by atoms with E-state index in [1.54, 1.807) is 6.92 Å². The molecule has 0 rings (SSSR count). The van der Waals surface area contributed by atoms with E-state index < -0.39 is 11.9 Å². The molecule has 52 valence electrons. The summed E-state index contributed by atoms with van der Waals surface area (Å²) in [6.07, 6.45) is 1.39. The van der Waals surface area contributed by atoms with Crippen LogP contribution >= 0.6 is 0 Å². The average molecular weight is 128 g/mol. The SMILES string of the molecule is C=C.C=CC(C)C(=O)O. The molecule has 0 aliphatic carbocycles. The number of carboxylic acids is 1. The fourth-order valence-electron chi connectivity index (χ4n) is 0.101. The highest BCUT2D eigenvalue weighted by Crippen LogP contribution is 1.92.